The van der Waals surface area contributed by atoms with E-state index in [4.69, 9.17) is 4.74 Å². The van der Waals surface area contributed by atoms with Crippen LogP contribution >= 0.6 is 0 Å². The minimum Gasteiger partial charge on any atom is -0.366 e. The van der Waals surface area contributed by atoms with Crippen LogP contribution in [0.15, 0.2) is 0 Å². The van der Waals surface area contributed by atoms with E-state index in [1.807, 2.05) is 32.7 Å². The second-order valence-electron chi connectivity index (χ2n) is 5.70. The molecule has 0 bridgehead atoms. The van der Waals surface area contributed by atoms with Gasteiger partial charge in [-0.15, -0.1) is 0 Å². The minimum absolute atomic E-state index is 0.113. The Kier molecular flexibility index (Phi) is 4.78. The summed E-state index contributed by atoms with van der Waals surface area (Å²) in [5.74, 6) is 0.113. The molecule has 16 heavy (non-hydrogen) atoms. The van der Waals surface area contributed by atoms with E-state index in [-0.39, 0.29) is 18.1 Å². The number of amides is 1. The van der Waals surface area contributed by atoms with Gasteiger partial charge in [-0.2, -0.15) is 0 Å². The number of likely N-dealkylation sites (N-methyl/N-ethyl adjacent to an activating group) is 1. The van der Waals surface area contributed by atoms with Crippen molar-refractivity contribution in [1.29, 1.82) is 0 Å². The maximum absolute atomic E-state index is 11.9. The number of rotatable bonds is 3. The van der Waals surface area contributed by atoms with Gasteiger partial charge in [0.2, 0.25) is 5.91 Å². The molecule has 1 aliphatic rings. The number of nitrogens with zero attached hydrogens (tertiary/aromatic N) is 1. The van der Waals surface area contributed by atoms with Crippen LogP contribution < -0.4 is 0 Å². The van der Waals surface area contributed by atoms with Crippen molar-refractivity contribution in [3.63, 3.8) is 0 Å². The third-order valence-corrected chi connectivity index (χ3v) is 3.14. The number of ether oxygens (including phenoxy) is 1. The van der Waals surface area contributed by atoms with Gasteiger partial charge in [0.15, 0.2) is 0 Å². The van der Waals surface area contributed by atoms with E-state index in [2.05, 4.69) is 0 Å². The van der Waals surface area contributed by atoms with E-state index < -0.39 is 0 Å². The number of carbonyl (C=O) groups is 1. The zero-order chi connectivity index (χ0) is 12.2. The van der Waals surface area contributed by atoms with Gasteiger partial charge in [0.1, 0.15) is 6.61 Å². The van der Waals surface area contributed by atoms with Crippen LogP contribution in [0.3, 0.4) is 0 Å². The first-order valence-electron chi connectivity index (χ1n) is 6.30. The van der Waals surface area contributed by atoms with Gasteiger partial charge in [-0.05, 0) is 33.6 Å². The number of hydrogen-bond donors (Lipinski definition) is 0. The standard InChI is InChI=1S/C13H25NO2/c1-13(2,3)16-10-12(15)14(4)11-8-6-5-7-9-11/h11H,5-10H2,1-4H3. The number of carbonyl (C=O) groups excluding carboxylic acids is 1. The molecule has 1 aliphatic carbocycles. The van der Waals surface area contributed by atoms with E-state index in [0.717, 1.165) is 12.8 Å². The van der Waals surface area contributed by atoms with Crippen LogP contribution in [0.1, 0.15) is 52.9 Å². The quantitative estimate of drug-likeness (QED) is 0.741. The zero-order valence-electron chi connectivity index (χ0n) is 11.1. The molecule has 0 aromatic heterocycles. The highest BCUT2D eigenvalue weighted by Crippen LogP contribution is 2.21. The van der Waals surface area contributed by atoms with Crippen molar-refractivity contribution in [3.05, 3.63) is 0 Å². The van der Waals surface area contributed by atoms with Crippen LogP contribution in [-0.4, -0.2) is 36.1 Å². The Labute approximate surface area is 99.1 Å². The SMILES string of the molecule is CN(C(=O)COC(C)(C)C)C1CCCCC1. The zero-order valence-corrected chi connectivity index (χ0v) is 11.1. The molecule has 0 unspecified atom stereocenters. The van der Waals surface area contributed by atoms with E-state index in [1.165, 1.54) is 19.3 Å². The first-order valence-corrected chi connectivity index (χ1v) is 6.30. The highest BCUT2D eigenvalue weighted by molar-refractivity contribution is 5.77. The molecule has 0 radical (unpaired) electrons. The fraction of sp³-hybridized carbons (Fsp3) is 0.923. The highest BCUT2D eigenvalue weighted by Gasteiger charge is 2.23. The third kappa shape index (κ3) is 4.52. The second kappa shape index (κ2) is 5.67. The lowest BCUT2D eigenvalue weighted by Crippen LogP contribution is -2.41. The Morgan fingerprint density at radius 3 is 2.31 bits per heavy atom. The molecule has 94 valence electrons. The smallest absolute Gasteiger partial charge is 0.248 e. The Hall–Kier alpha value is -0.570. The van der Waals surface area contributed by atoms with Gasteiger partial charge >= 0.3 is 0 Å². The normalized spacial score (nSPS) is 18.5. The summed E-state index contributed by atoms with van der Waals surface area (Å²) in [5, 5.41) is 0. The molecule has 1 amide bonds. The fourth-order valence-corrected chi connectivity index (χ4v) is 2.05. The minimum atomic E-state index is -0.233. The largest absolute Gasteiger partial charge is 0.366 e. The third-order valence-electron chi connectivity index (χ3n) is 3.14. The van der Waals surface area contributed by atoms with Crippen LogP contribution in [0, 0.1) is 0 Å². The molecule has 0 saturated heterocycles. The molecule has 0 aromatic carbocycles. The lowest BCUT2D eigenvalue weighted by Gasteiger charge is -2.32. The molecule has 0 aromatic rings. The predicted octanol–water partition coefficient (Wildman–Crippen LogP) is 2.59. The van der Waals surface area contributed by atoms with Crippen LogP contribution in [0.4, 0.5) is 0 Å². The lowest BCUT2D eigenvalue weighted by atomic mass is 9.94. The molecular weight excluding hydrogens is 202 g/mol. The topological polar surface area (TPSA) is 29.5 Å². The first kappa shape index (κ1) is 13.5. The van der Waals surface area contributed by atoms with Crippen molar-refractivity contribution in [2.75, 3.05) is 13.7 Å². The Morgan fingerprint density at radius 1 is 1.25 bits per heavy atom. The molecule has 0 N–H and O–H groups in total. The Balaban J connectivity index is 2.34. The molecule has 3 heteroatoms. The van der Waals surface area contributed by atoms with Gasteiger partial charge in [-0.25, -0.2) is 0 Å². The van der Waals surface area contributed by atoms with Gasteiger partial charge in [0, 0.05) is 13.1 Å². The van der Waals surface area contributed by atoms with Crippen LogP contribution in [0.5, 0.6) is 0 Å². The maximum atomic E-state index is 11.9. The van der Waals surface area contributed by atoms with E-state index >= 15 is 0 Å². The summed E-state index contributed by atoms with van der Waals surface area (Å²) in [6.45, 7) is 6.12. The van der Waals surface area contributed by atoms with Crippen LogP contribution in [0.25, 0.3) is 0 Å². The summed E-state index contributed by atoms with van der Waals surface area (Å²) in [6.07, 6.45) is 6.12. The van der Waals surface area contributed by atoms with Gasteiger partial charge in [-0.1, -0.05) is 19.3 Å². The molecular formula is C13H25NO2. The number of hydrogen-bond acceptors (Lipinski definition) is 2. The maximum Gasteiger partial charge on any atom is 0.248 e. The van der Waals surface area contributed by atoms with E-state index in [0.29, 0.717) is 6.04 Å². The van der Waals surface area contributed by atoms with Crippen molar-refractivity contribution >= 4 is 5.91 Å². The Bertz CT molecular complexity index is 227. The molecule has 1 saturated carbocycles. The van der Waals surface area contributed by atoms with E-state index in [9.17, 15) is 4.79 Å². The molecule has 1 fully saturated rings. The second-order valence-corrected chi connectivity index (χ2v) is 5.70. The molecule has 0 spiro atoms. The summed E-state index contributed by atoms with van der Waals surface area (Å²) in [5.41, 5.74) is -0.233. The molecule has 1 rings (SSSR count). The van der Waals surface area contributed by atoms with Gasteiger partial charge in [0.25, 0.3) is 0 Å². The van der Waals surface area contributed by atoms with Gasteiger partial charge in [-0.3, -0.25) is 4.79 Å². The molecule has 0 aliphatic heterocycles. The molecule has 0 atom stereocenters. The van der Waals surface area contributed by atoms with E-state index in [1.54, 1.807) is 0 Å². The molecule has 0 heterocycles. The Morgan fingerprint density at radius 2 is 1.81 bits per heavy atom. The van der Waals surface area contributed by atoms with Crippen molar-refractivity contribution in [2.45, 2.75) is 64.5 Å². The predicted molar refractivity (Wildman–Crippen MR) is 65.3 cm³/mol. The van der Waals surface area contributed by atoms with Gasteiger partial charge in [0.05, 0.1) is 5.60 Å². The summed E-state index contributed by atoms with van der Waals surface area (Å²) >= 11 is 0. The van der Waals surface area contributed by atoms with Crippen molar-refractivity contribution < 1.29 is 9.53 Å². The van der Waals surface area contributed by atoms with Crippen LogP contribution in [-0.2, 0) is 9.53 Å². The van der Waals surface area contributed by atoms with Crippen molar-refractivity contribution in [2.24, 2.45) is 0 Å². The van der Waals surface area contributed by atoms with Crippen LogP contribution in [0.2, 0.25) is 0 Å². The summed E-state index contributed by atoms with van der Waals surface area (Å²) in [7, 11) is 1.91. The molecule has 3 nitrogen and oxygen atoms in total. The monoisotopic (exact) mass is 227 g/mol. The van der Waals surface area contributed by atoms with Crippen molar-refractivity contribution in [1.82, 2.24) is 4.90 Å². The average molecular weight is 227 g/mol. The fourth-order valence-electron chi connectivity index (χ4n) is 2.05. The average Bonchev–Trinajstić information content (AvgIpc) is 2.25. The summed E-state index contributed by atoms with van der Waals surface area (Å²) in [6, 6.07) is 0.435. The lowest BCUT2D eigenvalue weighted by molar-refractivity contribution is -0.142. The first-order chi connectivity index (χ1) is 7.40. The summed E-state index contributed by atoms with van der Waals surface area (Å²) in [4.78, 5) is 13.8. The highest BCUT2D eigenvalue weighted by atomic mass is 16.5. The van der Waals surface area contributed by atoms with Gasteiger partial charge < -0.3 is 9.64 Å². The van der Waals surface area contributed by atoms with Crippen molar-refractivity contribution in [3.8, 4) is 0 Å². The summed E-state index contributed by atoms with van der Waals surface area (Å²) < 4.78 is 5.51.